The van der Waals surface area contributed by atoms with Crippen molar-refractivity contribution in [2.45, 2.75) is 77.5 Å². The Bertz CT molecular complexity index is 898. The third kappa shape index (κ3) is 10.9. The maximum atomic E-state index is 12.8. The first-order valence-corrected chi connectivity index (χ1v) is 16.2. The number of nitrogens with zero attached hydrogens (tertiary/aromatic N) is 3. The molecular weight excluding hydrogens is 482 g/mol. The Balaban J connectivity index is 1.83. The zero-order valence-corrected chi connectivity index (χ0v) is 23.5. The zero-order chi connectivity index (χ0) is 26.9. The number of hydrogen-bond donors (Lipinski definition) is 0. The molecule has 0 N–H and O–H groups in total. The molecular formula is C25H41N3O7Si. The molecule has 0 aromatic heterocycles. The Kier molecular flexibility index (Phi) is 10.7. The maximum absolute atomic E-state index is 12.8. The molecule has 1 aliphatic heterocycles. The van der Waals surface area contributed by atoms with Crippen molar-refractivity contribution >= 4 is 25.9 Å². The predicted molar refractivity (Wildman–Crippen MR) is 140 cm³/mol. The molecule has 0 aliphatic carbocycles. The summed E-state index contributed by atoms with van der Waals surface area (Å²) in [5.41, 5.74) is -0.0364. The van der Waals surface area contributed by atoms with Crippen LogP contribution >= 0.6 is 0 Å². The van der Waals surface area contributed by atoms with Crippen molar-refractivity contribution < 1.29 is 28.7 Å². The molecule has 36 heavy (non-hydrogen) atoms. The first-order chi connectivity index (χ1) is 16.7. The monoisotopic (exact) mass is 523 g/mol. The second-order valence-corrected chi connectivity index (χ2v) is 17.0. The van der Waals surface area contributed by atoms with Crippen LogP contribution in [-0.4, -0.2) is 79.5 Å². The van der Waals surface area contributed by atoms with Gasteiger partial charge >= 0.3 is 12.2 Å². The molecule has 0 saturated carbocycles. The highest BCUT2D eigenvalue weighted by molar-refractivity contribution is 6.76. The van der Waals surface area contributed by atoms with Crippen molar-refractivity contribution in [2.75, 3.05) is 32.8 Å². The van der Waals surface area contributed by atoms with Crippen LogP contribution < -0.4 is 0 Å². The van der Waals surface area contributed by atoms with Crippen LogP contribution in [0.4, 0.5) is 15.3 Å². The molecule has 0 radical (unpaired) electrons. The summed E-state index contributed by atoms with van der Waals surface area (Å²) in [6.45, 7) is 14.6. The second kappa shape index (κ2) is 13.0. The molecule has 1 atom stereocenters. The van der Waals surface area contributed by atoms with Crippen LogP contribution in [0.3, 0.4) is 0 Å². The van der Waals surface area contributed by atoms with Gasteiger partial charge in [0.2, 0.25) is 0 Å². The average molecular weight is 524 g/mol. The highest BCUT2D eigenvalue weighted by atomic mass is 28.3. The lowest BCUT2D eigenvalue weighted by molar-refractivity contribution is -0.384. The third-order valence-corrected chi connectivity index (χ3v) is 7.26. The van der Waals surface area contributed by atoms with Gasteiger partial charge in [0, 0.05) is 46.4 Å². The number of carbonyl (C=O) groups excluding carboxylic acids is 2. The van der Waals surface area contributed by atoms with Crippen molar-refractivity contribution in [1.29, 1.82) is 0 Å². The molecule has 1 fully saturated rings. The number of benzene rings is 1. The fraction of sp³-hybridized carbons (Fsp3) is 0.680. The topological polar surface area (TPSA) is 111 Å². The normalized spacial score (nSPS) is 16.1. The van der Waals surface area contributed by atoms with Gasteiger partial charge in [0.05, 0.1) is 24.2 Å². The molecule has 202 valence electrons. The van der Waals surface area contributed by atoms with E-state index in [1.165, 1.54) is 17.0 Å². The van der Waals surface area contributed by atoms with Crippen LogP contribution in [0.15, 0.2) is 24.3 Å². The molecule has 1 aliphatic rings. The number of hydrogen-bond acceptors (Lipinski definition) is 7. The SMILES string of the molecule is CC(C)(C)OC(=O)N(CCCOC1CCN(C(=O)OCC[Si](C)(C)C)C1)Cc1cccc([N+](=O)[O-])c1. The van der Waals surface area contributed by atoms with Gasteiger partial charge in [-0.2, -0.15) is 0 Å². The van der Waals surface area contributed by atoms with Crippen LogP contribution in [0, 0.1) is 10.1 Å². The van der Waals surface area contributed by atoms with Gasteiger partial charge in [-0.1, -0.05) is 31.8 Å². The number of non-ortho nitro benzene ring substituents is 1. The van der Waals surface area contributed by atoms with E-state index in [9.17, 15) is 19.7 Å². The zero-order valence-electron chi connectivity index (χ0n) is 22.5. The Morgan fingerprint density at radius 1 is 1.22 bits per heavy atom. The predicted octanol–water partition coefficient (Wildman–Crippen LogP) is 5.29. The minimum absolute atomic E-state index is 0.0234. The van der Waals surface area contributed by atoms with Crippen molar-refractivity contribution in [1.82, 2.24) is 9.80 Å². The smallest absolute Gasteiger partial charge is 0.410 e. The van der Waals surface area contributed by atoms with Gasteiger partial charge in [0.1, 0.15) is 5.60 Å². The van der Waals surface area contributed by atoms with Gasteiger partial charge in [0.15, 0.2) is 0 Å². The minimum Gasteiger partial charge on any atom is -0.450 e. The van der Waals surface area contributed by atoms with Crippen molar-refractivity contribution in [3.8, 4) is 0 Å². The van der Waals surface area contributed by atoms with Crippen molar-refractivity contribution in [3.05, 3.63) is 39.9 Å². The summed E-state index contributed by atoms with van der Waals surface area (Å²) in [5.74, 6) is 0. The largest absolute Gasteiger partial charge is 0.450 e. The molecule has 0 spiro atoms. The fourth-order valence-corrected chi connectivity index (χ4v) is 4.34. The molecule has 2 rings (SSSR count). The van der Waals surface area contributed by atoms with E-state index in [0.29, 0.717) is 44.8 Å². The number of rotatable bonds is 11. The van der Waals surface area contributed by atoms with Gasteiger partial charge in [-0.3, -0.25) is 10.1 Å². The second-order valence-electron chi connectivity index (χ2n) is 11.3. The number of likely N-dealkylation sites (tertiary alicyclic amines) is 1. The quantitative estimate of drug-likeness (QED) is 0.168. The van der Waals surface area contributed by atoms with E-state index in [1.54, 1.807) is 37.8 Å². The van der Waals surface area contributed by atoms with Crippen molar-refractivity contribution in [3.63, 3.8) is 0 Å². The van der Waals surface area contributed by atoms with E-state index in [1.807, 2.05) is 0 Å². The lowest BCUT2D eigenvalue weighted by atomic mass is 10.2. The van der Waals surface area contributed by atoms with Crippen LogP contribution in [-0.2, 0) is 20.8 Å². The summed E-state index contributed by atoms with van der Waals surface area (Å²) in [4.78, 5) is 38.9. The maximum Gasteiger partial charge on any atom is 0.410 e. The number of amides is 2. The van der Waals surface area contributed by atoms with Crippen LogP contribution in [0.5, 0.6) is 0 Å². The Morgan fingerprint density at radius 3 is 2.58 bits per heavy atom. The molecule has 11 heteroatoms. The Hall–Kier alpha value is -2.66. The number of ether oxygens (including phenoxy) is 3. The van der Waals surface area contributed by atoms with Crippen LogP contribution in [0.25, 0.3) is 0 Å². The molecule has 1 heterocycles. The average Bonchev–Trinajstić information content (AvgIpc) is 3.23. The van der Waals surface area contributed by atoms with Gasteiger partial charge in [-0.15, -0.1) is 0 Å². The summed E-state index contributed by atoms with van der Waals surface area (Å²) in [6.07, 6.45) is 0.466. The number of carbonyl (C=O) groups is 2. The third-order valence-electron chi connectivity index (χ3n) is 5.55. The van der Waals surface area contributed by atoms with Crippen molar-refractivity contribution in [2.24, 2.45) is 0 Å². The molecule has 2 amide bonds. The summed E-state index contributed by atoms with van der Waals surface area (Å²) >= 11 is 0. The van der Waals surface area contributed by atoms with Gasteiger partial charge in [-0.25, -0.2) is 9.59 Å². The lowest BCUT2D eigenvalue weighted by Crippen LogP contribution is -2.37. The van der Waals surface area contributed by atoms with E-state index in [0.717, 1.165) is 12.5 Å². The Morgan fingerprint density at radius 2 is 1.94 bits per heavy atom. The van der Waals surface area contributed by atoms with E-state index in [4.69, 9.17) is 14.2 Å². The molecule has 10 nitrogen and oxygen atoms in total. The highest BCUT2D eigenvalue weighted by Crippen LogP contribution is 2.18. The summed E-state index contributed by atoms with van der Waals surface area (Å²) < 4.78 is 16.9. The minimum atomic E-state index is -1.25. The molecule has 1 saturated heterocycles. The lowest BCUT2D eigenvalue weighted by Gasteiger charge is -2.27. The van der Waals surface area contributed by atoms with E-state index >= 15 is 0 Å². The highest BCUT2D eigenvalue weighted by Gasteiger charge is 2.28. The standard InChI is InChI=1S/C25H41N3O7Si/c1-25(2,3)35-24(30)26(18-20-9-7-10-21(17-20)28(31)32)12-8-14-33-22-11-13-27(19-22)23(29)34-15-16-36(4,5)6/h7,9-10,17,22H,8,11-16,18-19H2,1-6H3. The number of nitro benzene ring substituents is 1. The summed E-state index contributed by atoms with van der Waals surface area (Å²) in [7, 11) is -1.25. The van der Waals surface area contributed by atoms with E-state index < -0.39 is 24.7 Å². The van der Waals surface area contributed by atoms with Gasteiger partial charge < -0.3 is 24.0 Å². The summed E-state index contributed by atoms with van der Waals surface area (Å²) in [6, 6.07) is 7.17. The number of nitro groups is 1. The molecule has 0 bridgehead atoms. The van der Waals surface area contributed by atoms with E-state index in [2.05, 4.69) is 19.6 Å². The van der Waals surface area contributed by atoms with Crippen LogP contribution in [0.1, 0.15) is 39.2 Å². The molecule has 1 aromatic carbocycles. The summed E-state index contributed by atoms with van der Waals surface area (Å²) in [5, 5.41) is 11.1. The Labute approximate surface area is 215 Å². The van der Waals surface area contributed by atoms with Gasteiger partial charge in [0.25, 0.3) is 5.69 Å². The first kappa shape index (κ1) is 29.6. The fourth-order valence-electron chi connectivity index (χ4n) is 3.62. The molecule has 1 unspecified atom stereocenters. The first-order valence-electron chi connectivity index (χ1n) is 12.5. The molecule has 1 aromatic rings. The van der Waals surface area contributed by atoms with Gasteiger partial charge in [-0.05, 0) is 45.2 Å². The van der Waals surface area contributed by atoms with Crippen LogP contribution in [0.2, 0.25) is 25.7 Å². The van der Waals surface area contributed by atoms with E-state index in [-0.39, 0.29) is 24.4 Å².